The second-order valence-electron chi connectivity index (χ2n) is 5.17. The van der Waals surface area contributed by atoms with E-state index >= 15 is 0 Å². The molecule has 1 aromatic carbocycles. The number of aromatic carboxylic acids is 1. The van der Waals surface area contributed by atoms with Crippen LogP contribution in [0.4, 0.5) is 0 Å². The average Bonchev–Trinajstić information content (AvgIpc) is 3.12. The van der Waals surface area contributed by atoms with E-state index < -0.39 is 16.1 Å². The Bertz CT molecular complexity index is 1030. The number of hydrogen-bond acceptors (Lipinski definition) is 6. The highest BCUT2D eigenvalue weighted by Gasteiger charge is 2.12. The Labute approximate surface area is 159 Å². The Morgan fingerprint density at radius 3 is 2.30 bits per heavy atom. The molecule has 3 aromatic rings. The molecule has 2 aromatic heterocycles. The molecule has 146 valence electrons. The SMILES string of the molecule is CS(=O)(=O)O.Cn1c(-c2cccs2)nc2cc(C(=O)O)ccc21.N=C(N)N. The minimum atomic E-state index is -3.67. The number of rotatable bonds is 2. The lowest BCUT2D eigenvalue weighted by molar-refractivity contribution is 0.0697. The molecule has 0 bridgehead atoms. The molecule has 0 saturated carbocycles. The number of aromatic nitrogens is 2. The quantitative estimate of drug-likeness (QED) is 0.236. The molecule has 0 unspecified atom stereocenters. The Kier molecular flexibility index (Phi) is 7.45. The van der Waals surface area contributed by atoms with Crippen LogP contribution < -0.4 is 11.5 Å². The van der Waals surface area contributed by atoms with Gasteiger partial charge in [-0.3, -0.25) is 9.96 Å². The fourth-order valence-corrected chi connectivity index (χ4v) is 2.71. The standard InChI is InChI=1S/C13H10N2O2S.CH5N3.CH4O3S/c1-15-10-5-4-8(13(16)17)7-9(10)14-12(15)11-3-2-6-18-11;2-1(3)4;1-5(2,3)4/h2-7H,1H3,(H,16,17);(H5,2,3,4);1H3,(H,2,3,4). The summed E-state index contributed by atoms with van der Waals surface area (Å²) in [5, 5.41) is 17.0. The smallest absolute Gasteiger partial charge is 0.335 e. The monoisotopic (exact) mass is 413 g/mol. The molecule has 0 aliphatic rings. The lowest BCUT2D eigenvalue weighted by atomic mass is 10.2. The first-order valence-electron chi connectivity index (χ1n) is 7.15. The molecule has 0 atom stereocenters. The van der Waals surface area contributed by atoms with Crippen molar-refractivity contribution in [3.8, 4) is 10.7 Å². The van der Waals surface area contributed by atoms with Crippen molar-refractivity contribution in [2.24, 2.45) is 18.5 Å². The summed E-state index contributed by atoms with van der Waals surface area (Å²) in [6.45, 7) is 0. The minimum Gasteiger partial charge on any atom is -0.478 e. The van der Waals surface area contributed by atoms with Crippen molar-refractivity contribution < 1.29 is 22.9 Å². The van der Waals surface area contributed by atoms with Gasteiger partial charge in [-0.1, -0.05) is 6.07 Å². The van der Waals surface area contributed by atoms with Crippen molar-refractivity contribution in [2.75, 3.05) is 6.26 Å². The molecular weight excluding hydrogens is 394 g/mol. The van der Waals surface area contributed by atoms with Crippen LogP contribution in [0.25, 0.3) is 21.7 Å². The maximum Gasteiger partial charge on any atom is 0.335 e. The van der Waals surface area contributed by atoms with Crippen LogP contribution in [0.1, 0.15) is 10.4 Å². The molecule has 0 fully saturated rings. The number of aryl methyl sites for hydroxylation is 1. The van der Waals surface area contributed by atoms with Crippen LogP contribution in [-0.2, 0) is 17.2 Å². The molecule has 3 rings (SSSR count). The molecule has 0 saturated heterocycles. The number of thiophene rings is 1. The van der Waals surface area contributed by atoms with Crippen molar-refractivity contribution >= 4 is 44.4 Å². The zero-order chi connectivity index (χ0) is 20.8. The van der Waals surface area contributed by atoms with Crippen LogP contribution >= 0.6 is 11.3 Å². The zero-order valence-electron chi connectivity index (χ0n) is 14.4. The lowest BCUT2D eigenvalue weighted by Gasteiger charge is -1.99. The Hall–Kier alpha value is -2.96. The van der Waals surface area contributed by atoms with Gasteiger partial charge in [-0.2, -0.15) is 8.42 Å². The van der Waals surface area contributed by atoms with E-state index in [4.69, 9.17) is 15.1 Å². The van der Waals surface area contributed by atoms with E-state index in [0.29, 0.717) is 11.8 Å². The number of carboxylic acid groups (broad SMARTS) is 1. The van der Waals surface area contributed by atoms with Crippen molar-refractivity contribution in [1.82, 2.24) is 9.55 Å². The number of carbonyl (C=O) groups is 1. The fraction of sp³-hybridized carbons (Fsp3) is 0.133. The highest BCUT2D eigenvalue weighted by atomic mass is 32.2. The third-order valence-corrected chi connectivity index (χ3v) is 3.74. The molecule has 27 heavy (non-hydrogen) atoms. The van der Waals surface area contributed by atoms with E-state index in [-0.39, 0.29) is 11.5 Å². The average molecular weight is 413 g/mol. The largest absolute Gasteiger partial charge is 0.478 e. The highest BCUT2D eigenvalue weighted by molar-refractivity contribution is 7.85. The summed E-state index contributed by atoms with van der Waals surface area (Å²) in [5.74, 6) is -0.400. The number of carboxylic acids is 1. The van der Waals surface area contributed by atoms with Gasteiger partial charge in [0.1, 0.15) is 0 Å². The minimum absolute atomic E-state index is 0.262. The van der Waals surface area contributed by atoms with Crippen LogP contribution in [0.15, 0.2) is 35.7 Å². The second-order valence-corrected chi connectivity index (χ2v) is 7.58. The maximum atomic E-state index is 10.9. The van der Waals surface area contributed by atoms with Crippen LogP contribution in [0.2, 0.25) is 0 Å². The lowest BCUT2D eigenvalue weighted by Crippen LogP contribution is -2.20. The highest BCUT2D eigenvalue weighted by Crippen LogP contribution is 2.27. The Morgan fingerprint density at radius 1 is 1.30 bits per heavy atom. The number of guanidine groups is 1. The third kappa shape index (κ3) is 7.43. The van der Waals surface area contributed by atoms with E-state index in [1.165, 1.54) is 0 Å². The van der Waals surface area contributed by atoms with Gasteiger partial charge < -0.3 is 21.1 Å². The fourth-order valence-electron chi connectivity index (χ4n) is 1.96. The van der Waals surface area contributed by atoms with Crippen molar-refractivity contribution in [1.29, 1.82) is 5.41 Å². The summed E-state index contributed by atoms with van der Waals surface area (Å²) in [4.78, 5) is 16.5. The molecule has 0 aliphatic carbocycles. The predicted molar refractivity (Wildman–Crippen MR) is 105 cm³/mol. The summed E-state index contributed by atoms with van der Waals surface area (Å²) in [5.41, 5.74) is 10.8. The summed E-state index contributed by atoms with van der Waals surface area (Å²) in [7, 11) is -1.73. The predicted octanol–water partition coefficient (Wildman–Crippen LogP) is 1.34. The van der Waals surface area contributed by atoms with E-state index in [2.05, 4.69) is 16.5 Å². The first kappa shape index (κ1) is 22.1. The first-order chi connectivity index (χ1) is 12.4. The molecule has 7 N–H and O–H groups in total. The van der Waals surface area contributed by atoms with Crippen LogP contribution in [-0.4, -0.2) is 45.8 Å². The van der Waals surface area contributed by atoms with Gasteiger partial charge in [0.2, 0.25) is 0 Å². The number of imidazole rings is 1. The van der Waals surface area contributed by atoms with Gasteiger partial charge in [0, 0.05) is 7.05 Å². The van der Waals surface area contributed by atoms with Crippen LogP contribution in [0.3, 0.4) is 0 Å². The van der Waals surface area contributed by atoms with E-state index in [1.807, 2.05) is 29.1 Å². The number of nitrogens with zero attached hydrogens (tertiary/aromatic N) is 2. The molecule has 0 aliphatic heterocycles. The van der Waals surface area contributed by atoms with Crippen LogP contribution in [0.5, 0.6) is 0 Å². The number of fused-ring (bicyclic) bond motifs is 1. The van der Waals surface area contributed by atoms with E-state index in [0.717, 1.165) is 16.2 Å². The van der Waals surface area contributed by atoms with Gasteiger partial charge in [0.15, 0.2) is 11.8 Å². The van der Waals surface area contributed by atoms with E-state index in [1.54, 1.807) is 29.5 Å². The first-order valence-corrected chi connectivity index (χ1v) is 9.88. The number of nitrogens with one attached hydrogen (secondary N) is 1. The maximum absolute atomic E-state index is 10.9. The number of nitrogens with two attached hydrogens (primary N) is 2. The number of hydrogen-bond donors (Lipinski definition) is 5. The molecule has 12 heteroatoms. The number of benzene rings is 1. The third-order valence-electron chi connectivity index (χ3n) is 2.87. The van der Waals surface area contributed by atoms with Crippen LogP contribution in [0, 0.1) is 5.41 Å². The van der Waals surface area contributed by atoms with Gasteiger partial charge in [-0.15, -0.1) is 11.3 Å². The molecular formula is C15H19N5O5S2. The van der Waals surface area contributed by atoms with Crippen molar-refractivity contribution in [3.63, 3.8) is 0 Å². The molecule has 10 nitrogen and oxygen atoms in total. The van der Waals surface area contributed by atoms with Gasteiger partial charge in [0.25, 0.3) is 10.1 Å². The van der Waals surface area contributed by atoms with Gasteiger partial charge >= 0.3 is 5.97 Å². The van der Waals surface area contributed by atoms with Crippen molar-refractivity contribution in [2.45, 2.75) is 0 Å². The van der Waals surface area contributed by atoms with Gasteiger partial charge in [-0.25, -0.2) is 9.78 Å². The molecule has 0 amide bonds. The zero-order valence-corrected chi connectivity index (χ0v) is 16.1. The molecule has 0 spiro atoms. The summed E-state index contributed by atoms with van der Waals surface area (Å²) >= 11 is 1.62. The topological polar surface area (TPSA) is 185 Å². The normalized spacial score (nSPS) is 10.3. The van der Waals surface area contributed by atoms with Gasteiger partial charge in [-0.05, 0) is 29.6 Å². The molecule has 2 heterocycles. The second kappa shape index (κ2) is 9.12. The van der Waals surface area contributed by atoms with Crippen molar-refractivity contribution in [3.05, 3.63) is 41.3 Å². The Morgan fingerprint density at radius 2 is 1.85 bits per heavy atom. The summed E-state index contributed by atoms with van der Waals surface area (Å²) in [6, 6.07) is 8.98. The summed E-state index contributed by atoms with van der Waals surface area (Å²) < 4.78 is 27.8. The van der Waals surface area contributed by atoms with E-state index in [9.17, 15) is 13.2 Å². The molecule has 0 radical (unpaired) electrons. The summed E-state index contributed by atoms with van der Waals surface area (Å²) in [6.07, 6.45) is 0.715. The van der Waals surface area contributed by atoms with Gasteiger partial charge in [0.05, 0.1) is 27.7 Å². The Balaban J connectivity index is 0.000000342.